The highest BCUT2D eigenvalue weighted by atomic mass is 16.6. The van der Waals surface area contributed by atoms with Crippen molar-refractivity contribution in [2.75, 3.05) is 6.54 Å². The lowest BCUT2D eigenvalue weighted by Gasteiger charge is -2.42. The summed E-state index contributed by atoms with van der Waals surface area (Å²) in [5.41, 5.74) is 2.02. The summed E-state index contributed by atoms with van der Waals surface area (Å²) in [6.45, 7) is 14.5. The van der Waals surface area contributed by atoms with E-state index >= 15 is 0 Å². The Bertz CT molecular complexity index is 945. The first-order valence-corrected chi connectivity index (χ1v) is 11.9. The van der Waals surface area contributed by atoms with E-state index in [0.717, 1.165) is 31.2 Å². The number of carbonyl (C=O) groups is 3. The molecule has 0 radical (unpaired) electrons. The molecule has 7 nitrogen and oxygen atoms in total. The monoisotopic (exact) mass is 457 g/mol. The van der Waals surface area contributed by atoms with Gasteiger partial charge in [0, 0.05) is 12.1 Å². The summed E-state index contributed by atoms with van der Waals surface area (Å²) in [4.78, 5) is 40.6. The van der Waals surface area contributed by atoms with E-state index in [-0.39, 0.29) is 10.8 Å². The van der Waals surface area contributed by atoms with Crippen LogP contribution in [0.3, 0.4) is 0 Å². The number of fused-ring (bicyclic) bond motifs is 1. The minimum atomic E-state index is -0.810. The molecule has 182 valence electrons. The van der Waals surface area contributed by atoms with Crippen LogP contribution >= 0.6 is 0 Å². The third kappa shape index (κ3) is 5.24. The van der Waals surface area contributed by atoms with Gasteiger partial charge in [-0.3, -0.25) is 14.5 Å². The van der Waals surface area contributed by atoms with Gasteiger partial charge in [0.1, 0.15) is 11.6 Å². The van der Waals surface area contributed by atoms with Crippen LogP contribution < -0.4 is 5.84 Å². The zero-order valence-electron chi connectivity index (χ0n) is 21.2. The number of rotatable bonds is 2. The minimum Gasteiger partial charge on any atom is -0.444 e. The van der Waals surface area contributed by atoms with Gasteiger partial charge in [0.25, 0.3) is 11.8 Å². The first-order chi connectivity index (χ1) is 15.1. The second kappa shape index (κ2) is 8.75. The maximum atomic E-state index is 13.2. The SMILES string of the molecule is CC(C)(C)OC(=O)N1CCCCC1C(=O)N(N)C(=O)c1ccc2c(c1)C(C)(C)CCC2(C)C. The third-order valence-electron chi connectivity index (χ3n) is 6.97. The number of nitrogens with two attached hydrogens (primary N) is 1. The standard InChI is InChI=1S/C26H39N3O4/c1-24(2,3)33-23(32)28-15-9-8-10-20(28)22(31)29(27)21(30)17-11-12-18-19(16-17)26(6,7)14-13-25(18,4)5/h11-12,16,20H,8-10,13-15,27H2,1-7H3. The Hall–Kier alpha value is -2.41. The van der Waals surface area contributed by atoms with Crippen LogP contribution in [-0.4, -0.2) is 46.0 Å². The summed E-state index contributed by atoms with van der Waals surface area (Å²) in [5, 5.41) is 0.677. The van der Waals surface area contributed by atoms with Crippen molar-refractivity contribution >= 4 is 17.9 Å². The highest BCUT2D eigenvalue weighted by Crippen LogP contribution is 2.46. The number of hydrogen-bond acceptors (Lipinski definition) is 5. The van der Waals surface area contributed by atoms with Crippen molar-refractivity contribution < 1.29 is 19.1 Å². The summed E-state index contributed by atoms with van der Waals surface area (Å²) in [5.74, 6) is 4.93. The molecule has 1 heterocycles. The van der Waals surface area contributed by atoms with Crippen LogP contribution in [0.4, 0.5) is 4.79 Å². The molecule has 1 aliphatic carbocycles. The molecule has 3 amide bonds. The van der Waals surface area contributed by atoms with Crippen LogP contribution in [0.2, 0.25) is 0 Å². The largest absolute Gasteiger partial charge is 0.444 e. The van der Waals surface area contributed by atoms with E-state index in [0.29, 0.717) is 23.5 Å². The molecule has 3 rings (SSSR count). The average Bonchev–Trinajstić information content (AvgIpc) is 2.74. The van der Waals surface area contributed by atoms with Gasteiger partial charge in [-0.15, -0.1) is 0 Å². The number of nitrogens with zero attached hydrogens (tertiary/aromatic N) is 2. The van der Waals surface area contributed by atoms with Crippen molar-refractivity contribution in [2.45, 2.75) is 103 Å². The van der Waals surface area contributed by atoms with Crippen LogP contribution in [0.5, 0.6) is 0 Å². The van der Waals surface area contributed by atoms with Crippen LogP contribution in [0.1, 0.15) is 102 Å². The van der Waals surface area contributed by atoms with Gasteiger partial charge < -0.3 is 4.74 Å². The van der Waals surface area contributed by atoms with Crippen molar-refractivity contribution in [2.24, 2.45) is 5.84 Å². The lowest BCUT2D eigenvalue weighted by molar-refractivity contribution is -0.135. The van der Waals surface area contributed by atoms with Gasteiger partial charge in [0.2, 0.25) is 0 Å². The molecule has 1 aromatic rings. The van der Waals surface area contributed by atoms with E-state index in [1.54, 1.807) is 26.8 Å². The summed E-state index contributed by atoms with van der Waals surface area (Å²) in [6.07, 6.45) is 3.54. The van der Waals surface area contributed by atoms with Crippen molar-refractivity contribution in [3.8, 4) is 0 Å². The third-order valence-corrected chi connectivity index (χ3v) is 6.97. The molecule has 1 fully saturated rings. The summed E-state index contributed by atoms with van der Waals surface area (Å²) in [7, 11) is 0. The molecule has 1 aromatic carbocycles. The smallest absolute Gasteiger partial charge is 0.410 e. The van der Waals surface area contributed by atoms with Crippen molar-refractivity contribution in [3.63, 3.8) is 0 Å². The van der Waals surface area contributed by atoms with Gasteiger partial charge in [-0.25, -0.2) is 15.6 Å². The number of likely N-dealkylation sites (tertiary alicyclic amines) is 1. The molecule has 0 aromatic heterocycles. The maximum Gasteiger partial charge on any atom is 0.410 e. The molecular formula is C26H39N3O4. The highest BCUT2D eigenvalue weighted by Gasteiger charge is 2.40. The molecule has 1 aliphatic heterocycles. The van der Waals surface area contributed by atoms with Crippen molar-refractivity contribution in [1.29, 1.82) is 0 Å². The van der Waals surface area contributed by atoms with Crippen LogP contribution in [0.25, 0.3) is 0 Å². The Morgan fingerprint density at radius 1 is 1.03 bits per heavy atom. The lowest BCUT2D eigenvalue weighted by Crippen LogP contribution is -2.57. The van der Waals surface area contributed by atoms with Gasteiger partial charge >= 0.3 is 6.09 Å². The quantitative estimate of drug-likeness (QED) is 0.302. The maximum absolute atomic E-state index is 13.2. The molecule has 2 aliphatic rings. The van der Waals surface area contributed by atoms with E-state index in [2.05, 4.69) is 27.7 Å². The zero-order chi connectivity index (χ0) is 24.8. The predicted octanol–water partition coefficient (Wildman–Crippen LogP) is 4.67. The number of benzene rings is 1. The minimum absolute atomic E-state index is 0.0284. The first kappa shape index (κ1) is 25.2. The van der Waals surface area contributed by atoms with Crippen LogP contribution in [0.15, 0.2) is 18.2 Å². The Balaban J connectivity index is 1.84. The molecule has 1 saturated heterocycles. The van der Waals surface area contributed by atoms with Crippen molar-refractivity contribution in [3.05, 3.63) is 34.9 Å². The number of carbonyl (C=O) groups excluding carboxylic acids is 3. The normalized spacial score (nSPS) is 21.7. The molecule has 0 bridgehead atoms. The second-order valence-electron chi connectivity index (χ2n) is 11.7. The molecule has 7 heteroatoms. The van der Waals surface area contributed by atoms with Crippen LogP contribution in [0, 0.1) is 0 Å². The van der Waals surface area contributed by atoms with Gasteiger partial charge in [-0.2, -0.15) is 0 Å². The summed E-state index contributed by atoms with van der Waals surface area (Å²) < 4.78 is 5.48. The molecule has 33 heavy (non-hydrogen) atoms. The highest BCUT2D eigenvalue weighted by molar-refractivity contribution is 6.06. The van der Waals surface area contributed by atoms with Crippen LogP contribution in [-0.2, 0) is 20.4 Å². The van der Waals surface area contributed by atoms with E-state index < -0.39 is 29.6 Å². The molecule has 1 atom stereocenters. The predicted molar refractivity (Wildman–Crippen MR) is 128 cm³/mol. The number of hydrogen-bond donors (Lipinski definition) is 1. The fourth-order valence-corrected chi connectivity index (χ4v) is 4.85. The van der Waals surface area contributed by atoms with E-state index in [1.165, 1.54) is 10.5 Å². The molecule has 2 N–H and O–H groups in total. The summed E-state index contributed by atoms with van der Waals surface area (Å²) in [6, 6.07) is 4.83. The van der Waals surface area contributed by atoms with Crippen molar-refractivity contribution in [1.82, 2.24) is 9.91 Å². The first-order valence-electron chi connectivity index (χ1n) is 11.9. The molecule has 0 saturated carbocycles. The number of hydrazine groups is 1. The number of piperidine rings is 1. The Morgan fingerprint density at radius 2 is 1.64 bits per heavy atom. The lowest BCUT2D eigenvalue weighted by atomic mass is 9.63. The molecular weight excluding hydrogens is 418 g/mol. The fourth-order valence-electron chi connectivity index (χ4n) is 4.85. The van der Waals surface area contributed by atoms with Gasteiger partial charge in [0.05, 0.1) is 0 Å². The van der Waals surface area contributed by atoms with E-state index in [4.69, 9.17) is 10.6 Å². The Morgan fingerprint density at radius 3 is 2.24 bits per heavy atom. The fraction of sp³-hybridized carbons (Fsp3) is 0.654. The molecule has 0 spiro atoms. The Labute approximate surface area is 197 Å². The Kier molecular flexibility index (Phi) is 6.68. The molecule has 1 unspecified atom stereocenters. The zero-order valence-corrected chi connectivity index (χ0v) is 21.2. The van der Waals surface area contributed by atoms with Gasteiger partial charge in [0.15, 0.2) is 0 Å². The number of imide groups is 1. The summed E-state index contributed by atoms with van der Waals surface area (Å²) >= 11 is 0. The van der Waals surface area contributed by atoms with E-state index in [9.17, 15) is 14.4 Å². The van der Waals surface area contributed by atoms with E-state index in [1.807, 2.05) is 12.1 Å². The van der Waals surface area contributed by atoms with Gasteiger partial charge in [-0.1, -0.05) is 33.8 Å². The second-order valence-corrected chi connectivity index (χ2v) is 11.7. The number of amides is 3. The topological polar surface area (TPSA) is 92.9 Å². The van der Waals surface area contributed by atoms with Gasteiger partial charge in [-0.05, 0) is 87.0 Å². The average molecular weight is 458 g/mol. The number of ether oxygens (including phenoxy) is 1.